The molecule has 0 aliphatic carbocycles. The minimum atomic E-state index is -3.43. The quantitative estimate of drug-likeness (QED) is 0.755. The van der Waals surface area contributed by atoms with Crippen molar-refractivity contribution in [1.82, 2.24) is 4.90 Å². The Hall–Kier alpha value is -1.11. The van der Waals surface area contributed by atoms with E-state index in [-0.39, 0.29) is 18.6 Å². The number of carbonyl (C=O) groups is 1. The molecule has 0 aromatic heterocycles. The van der Waals surface area contributed by atoms with Gasteiger partial charge < -0.3 is 9.64 Å². The maximum absolute atomic E-state index is 13.0. The van der Waals surface area contributed by atoms with E-state index < -0.39 is 25.9 Å². The molecule has 2 rings (SSSR count). The minimum absolute atomic E-state index is 0.0249. The van der Waals surface area contributed by atoms with Gasteiger partial charge in [0.15, 0.2) is 9.84 Å². The molecule has 1 heterocycles. The number of amides is 1. The Morgan fingerprint density at radius 2 is 1.85 bits per heavy atom. The number of carbonyl (C=O) groups excluding carboxylic acids is 1. The first-order chi connectivity index (χ1) is 12.0. The average Bonchev–Trinajstić information content (AvgIpc) is 2.56. The molecule has 1 aliphatic rings. The van der Waals surface area contributed by atoms with Gasteiger partial charge in [0.1, 0.15) is 6.61 Å². The van der Waals surface area contributed by atoms with Crippen LogP contribution in [0.25, 0.3) is 0 Å². The fraction of sp³-hybridized carbons (Fsp3) is 0.632. The Balaban J connectivity index is 2.44. The molecule has 1 amide bonds. The van der Waals surface area contributed by atoms with Crippen molar-refractivity contribution < 1.29 is 17.9 Å². The summed E-state index contributed by atoms with van der Waals surface area (Å²) < 4.78 is 30.6. The number of halogens is 1. The van der Waals surface area contributed by atoms with Crippen molar-refractivity contribution in [3.8, 4) is 0 Å². The normalized spacial score (nSPS) is 21.5. The van der Waals surface area contributed by atoms with Crippen molar-refractivity contribution in [2.75, 3.05) is 13.2 Å². The Kier molecular flexibility index (Phi) is 6.41. The van der Waals surface area contributed by atoms with Crippen molar-refractivity contribution in [1.29, 1.82) is 0 Å². The van der Waals surface area contributed by atoms with Gasteiger partial charge in [-0.2, -0.15) is 0 Å². The molecule has 0 bridgehead atoms. The van der Waals surface area contributed by atoms with Crippen LogP contribution >= 0.6 is 11.6 Å². The van der Waals surface area contributed by atoms with Gasteiger partial charge in [-0.3, -0.25) is 4.79 Å². The standard InChI is InChI=1S/C19H28ClNO4S/c1-6-16(13(2)26(23,24)19(3,4)5)21-17(11-25-12-18(21)22)14-7-9-15(20)10-8-14/h7-10,13,16-17H,6,11-12H2,1-5H3. The van der Waals surface area contributed by atoms with Gasteiger partial charge in [0.25, 0.3) is 0 Å². The van der Waals surface area contributed by atoms with Crippen LogP contribution in [-0.2, 0) is 19.4 Å². The smallest absolute Gasteiger partial charge is 0.249 e. The van der Waals surface area contributed by atoms with Gasteiger partial charge in [0.2, 0.25) is 5.91 Å². The molecule has 7 heteroatoms. The van der Waals surface area contributed by atoms with E-state index in [1.807, 2.05) is 19.1 Å². The minimum Gasteiger partial charge on any atom is -0.369 e. The van der Waals surface area contributed by atoms with Crippen LogP contribution in [-0.4, -0.2) is 48.5 Å². The summed E-state index contributed by atoms with van der Waals surface area (Å²) in [6.45, 7) is 9.03. The number of benzene rings is 1. The van der Waals surface area contributed by atoms with Crippen molar-refractivity contribution >= 4 is 27.3 Å². The van der Waals surface area contributed by atoms with Crippen molar-refractivity contribution in [2.45, 2.75) is 63.1 Å². The van der Waals surface area contributed by atoms with Gasteiger partial charge in [0.05, 0.1) is 22.6 Å². The largest absolute Gasteiger partial charge is 0.369 e. The summed E-state index contributed by atoms with van der Waals surface area (Å²) >= 11 is 5.97. The van der Waals surface area contributed by atoms with Gasteiger partial charge >= 0.3 is 0 Å². The summed E-state index contributed by atoms with van der Waals surface area (Å²) in [6, 6.07) is 6.51. The highest BCUT2D eigenvalue weighted by molar-refractivity contribution is 7.93. The zero-order valence-electron chi connectivity index (χ0n) is 16.0. The average molecular weight is 402 g/mol. The summed E-state index contributed by atoms with van der Waals surface area (Å²) in [5, 5.41) is -0.0663. The van der Waals surface area contributed by atoms with Gasteiger partial charge in [-0.05, 0) is 51.8 Å². The van der Waals surface area contributed by atoms with E-state index >= 15 is 0 Å². The molecule has 1 aromatic rings. The van der Waals surface area contributed by atoms with E-state index in [4.69, 9.17) is 16.3 Å². The second-order valence-corrected chi connectivity index (χ2v) is 11.2. The second kappa shape index (κ2) is 7.87. The fourth-order valence-corrected chi connectivity index (χ4v) is 5.44. The fourth-order valence-electron chi connectivity index (χ4n) is 3.46. The zero-order chi connectivity index (χ0) is 19.7. The Morgan fingerprint density at radius 1 is 1.27 bits per heavy atom. The van der Waals surface area contributed by atoms with Crippen LogP contribution in [0.3, 0.4) is 0 Å². The zero-order valence-corrected chi connectivity index (χ0v) is 17.6. The summed E-state index contributed by atoms with van der Waals surface area (Å²) in [5.74, 6) is -0.181. The number of hydrogen-bond acceptors (Lipinski definition) is 4. The molecule has 1 saturated heterocycles. The maximum atomic E-state index is 13.0. The third-order valence-electron chi connectivity index (χ3n) is 5.04. The van der Waals surface area contributed by atoms with Gasteiger partial charge in [-0.15, -0.1) is 0 Å². The SMILES string of the molecule is CCC(C(C)S(=O)(=O)C(C)(C)C)N1C(=O)COCC1c1ccc(Cl)cc1. The second-order valence-electron chi connectivity index (χ2n) is 7.72. The number of rotatable bonds is 5. The van der Waals surface area contributed by atoms with Crippen LogP contribution in [0.2, 0.25) is 5.02 Å². The van der Waals surface area contributed by atoms with E-state index in [1.54, 1.807) is 44.7 Å². The summed E-state index contributed by atoms with van der Waals surface area (Å²) in [4.78, 5) is 14.4. The third kappa shape index (κ3) is 4.07. The molecule has 0 saturated carbocycles. The molecular weight excluding hydrogens is 374 g/mol. The first-order valence-electron chi connectivity index (χ1n) is 8.88. The molecule has 0 spiro atoms. The maximum Gasteiger partial charge on any atom is 0.249 e. The molecule has 5 nitrogen and oxygen atoms in total. The van der Waals surface area contributed by atoms with Gasteiger partial charge in [-0.25, -0.2) is 8.42 Å². The highest BCUT2D eigenvalue weighted by atomic mass is 35.5. The van der Waals surface area contributed by atoms with Crippen LogP contribution in [0.1, 0.15) is 52.6 Å². The monoisotopic (exact) mass is 401 g/mol. The first-order valence-corrected chi connectivity index (χ1v) is 10.8. The summed E-state index contributed by atoms with van der Waals surface area (Å²) in [5.41, 5.74) is 0.890. The van der Waals surface area contributed by atoms with Crippen molar-refractivity contribution in [3.05, 3.63) is 34.9 Å². The van der Waals surface area contributed by atoms with E-state index in [9.17, 15) is 13.2 Å². The van der Waals surface area contributed by atoms with Gasteiger partial charge in [0, 0.05) is 11.1 Å². The van der Waals surface area contributed by atoms with Crippen molar-refractivity contribution in [3.63, 3.8) is 0 Å². The molecule has 0 N–H and O–H groups in total. The van der Waals surface area contributed by atoms with E-state index in [0.29, 0.717) is 18.1 Å². The molecular formula is C19H28ClNO4S. The van der Waals surface area contributed by atoms with Crippen LogP contribution in [0.5, 0.6) is 0 Å². The molecule has 1 fully saturated rings. The molecule has 3 atom stereocenters. The molecule has 146 valence electrons. The number of hydrogen-bond donors (Lipinski definition) is 0. The molecule has 1 aliphatic heterocycles. The lowest BCUT2D eigenvalue weighted by atomic mass is 10.00. The highest BCUT2D eigenvalue weighted by Gasteiger charge is 2.44. The molecule has 0 radical (unpaired) electrons. The number of morpholine rings is 1. The lowest BCUT2D eigenvalue weighted by Crippen LogP contribution is -2.56. The topological polar surface area (TPSA) is 63.7 Å². The first kappa shape index (κ1) is 21.2. The Labute approximate surface area is 161 Å². The van der Waals surface area contributed by atoms with Crippen LogP contribution in [0.4, 0.5) is 0 Å². The summed E-state index contributed by atoms with van der Waals surface area (Å²) in [6.07, 6.45) is 0.548. The molecule has 3 unspecified atom stereocenters. The lowest BCUT2D eigenvalue weighted by Gasteiger charge is -2.44. The van der Waals surface area contributed by atoms with Crippen LogP contribution in [0, 0.1) is 0 Å². The van der Waals surface area contributed by atoms with Gasteiger partial charge in [-0.1, -0.05) is 30.7 Å². The Bertz CT molecular complexity index is 740. The Morgan fingerprint density at radius 3 is 2.35 bits per heavy atom. The number of ether oxygens (including phenoxy) is 1. The van der Waals surface area contributed by atoms with E-state index in [2.05, 4.69) is 0 Å². The lowest BCUT2D eigenvalue weighted by molar-refractivity contribution is -0.152. The van der Waals surface area contributed by atoms with E-state index in [1.165, 1.54) is 0 Å². The molecule has 1 aromatic carbocycles. The van der Waals surface area contributed by atoms with Crippen LogP contribution < -0.4 is 0 Å². The third-order valence-corrected chi connectivity index (χ3v) is 8.29. The van der Waals surface area contributed by atoms with Crippen LogP contribution in [0.15, 0.2) is 24.3 Å². The van der Waals surface area contributed by atoms with E-state index in [0.717, 1.165) is 5.56 Å². The predicted molar refractivity (Wildman–Crippen MR) is 104 cm³/mol. The predicted octanol–water partition coefficient (Wildman–Crippen LogP) is 3.62. The number of sulfone groups is 1. The highest BCUT2D eigenvalue weighted by Crippen LogP contribution is 2.33. The van der Waals surface area contributed by atoms with Crippen molar-refractivity contribution in [2.24, 2.45) is 0 Å². The molecule has 26 heavy (non-hydrogen) atoms. The number of nitrogens with zero attached hydrogens (tertiary/aromatic N) is 1. The summed E-state index contributed by atoms with van der Waals surface area (Å²) in [7, 11) is -3.43.